The highest BCUT2D eigenvalue weighted by atomic mass is 16.5. The number of carboxylic acids is 1. The molecular formula is C12H21NO5. The van der Waals surface area contributed by atoms with Crippen LogP contribution >= 0.6 is 0 Å². The number of nitrogens with one attached hydrogen (secondary N) is 1. The molecule has 0 aliphatic heterocycles. The maximum Gasteiger partial charge on any atom is 0.319 e. The first kappa shape index (κ1) is 14.9. The number of amides is 1. The van der Waals surface area contributed by atoms with E-state index in [9.17, 15) is 9.59 Å². The first-order valence-corrected chi connectivity index (χ1v) is 6.22. The highest BCUT2D eigenvalue weighted by Gasteiger charge is 2.50. The zero-order chi connectivity index (χ0) is 13.4. The van der Waals surface area contributed by atoms with E-state index < -0.39 is 11.4 Å². The number of hydrogen-bond donors (Lipinski definition) is 2. The largest absolute Gasteiger partial charge is 0.480 e. The van der Waals surface area contributed by atoms with Gasteiger partial charge in [-0.2, -0.15) is 0 Å². The van der Waals surface area contributed by atoms with Gasteiger partial charge >= 0.3 is 5.97 Å². The lowest BCUT2D eigenvalue weighted by molar-refractivity contribution is -0.162. The van der Waals surface area contributed by atoms with E-state index in [1.165, 1.54) is 0 Å². The lowest BCUT2D eigenvalue weighted by Crippen LogP contribution is -2.51. The van der Waals surface area contributed by atoms with E-state index >= 15 is 0 Å². The highest BCUT2D eigenvalue weighted by Crippen LogP contribution is 2.41. The van der Waals surface area contributed by atoms with E-state index in [-0.39, 0.29) is 5.91 Å². The van der Waals surface area contributed by atoms with Gasteiger partial charge in [0, 0.05) is 20.3 Å². The van der Waals surface area contributed by atoms with Crippen LogP contribution < -0.4 is 5.32 Å². The minimum atomic E-state index is -1.17. The zero-order valence-electron chi connectivity index (χ0n) is 10.7. The number of carbonyl (C=O) groups is 2. The Bertz CT molecular complexity index is 288. The summed E-state index contributed by atoms with van der Waals surface area (Å²) in [5.41, 5.74) is -1.17. The van der Waals surface area contributed by atoms with Crippen LogP contribution in [0.3, 0.4) is 0 Å². The summed E-state index contributed by atoms with van der Waals surface area (Å²) < 4.78 is 10.1. The summed E-state index contributed by atoms with van der Waals surface area (Å²) in [6.07, 6.45) is 2.36. The second-order valence-electron chi connectivity index (χ2n) is 4.46. The van der Waals surface area contributed by atoms with E-state index in [1.807, 2.05) is 0 Å². The first-order valence-electron chi connectivity index (χ1n) is 6.22. The Morgan fingerprint density at radius 2 is 2.00 bits per heavy atom. The first-order chi connectivity index (χ1) is 8.63. The van der Waals surface area contributed by atoms with Crippen LogP contribution in [0.1, 0.15) is 25.7 Å². The monoisotopic (exact) mass is 259 g/mol. The molecule has 6 nitrogen and oxygen atoms in total. The molecule has 0 aromatic heterocycles. The van der Waals surface area contributed by atoms with E-state index in [4.69, 9.17) is 14.6 Å². The van der Waals surface area contributed by atoms with Crippen LogP contribution in [0.25, 0.3) is 0 Å². The van der Waals surface area contributed by atoms with E-state index in [0.29, 0.717) is 45.6 Å². The number of aliphatic carboxylic acids is 1. The Hall–Kier alpha value is -1.14. The lowest BCUT2D eigenvalue weighted by atomic mass is 9.68. The van der Waals surface area contributed by atoms with Crippen molar-refractivity contribution in [2.24, 2.45) is 5.41 Å². The van der Waals surface area contributed by atoms with Crippen LogP contribution in [0.15, 0.2) is 0 Å². The van der Waals surface area contributed by atoms with Gasteiger partial charge in [-0.05, 0) is 19.3 Å². The number of ether oxygens (including phenoxy) is 2. The molecule has 0 atom stereocenters. The number of carbonyl (C=O) groups excluding carboxylic acids is 1. The van der Waals surface area contributed by atoms with Gasteiger partial charge in [-0.3, -0.25) is 9.59 Å². The lowest BCUT2D eigenvalue weighted by Gasteiger charge is -2.35. The third-order valence-electron chi connectivity index (χ3n) is 3.23. The number of carboxylic acid groups (broad SMARTS) is 1. The molecule has 104 valence electrons. The van der Waals surface area contributed by atoms with Gasteiger partial charge in [-0.1, -0.05) is 6.42 Å². The fourth-order valence-corrected chi connectivity index (χ4v) is 1.86. The van der Waals surface area contributed by atoms with Gasteiger partial charge in [-0.25, -0.2) is 0 Å². The third-order valence-corrected chi connectivity index (χ3v) is 3.23. The smallest absolute Gasteiger partial charge is 0.319 e. The molecule has 0 radical (unpaired) electrons. The average Bonchev–Trinajstić information content (AvgIpc) is 2.25. The fourth-order valence-electron chi connectivity index (χ4n) is 1.86. The van der Waals surface area contributed by atoms with Gasteiger partial charge in [0.15, 0.2) is 0 Å². The molecule has 6 heteroatoms. The SMILES string of the molecule is COCCOCCCNC(=O)C1(C(=O)O)CCC1. The molecule has 1 rings (SSSR count). The number of rotatable bonds is 9. The summed E-state index contributed by atoms with van der Waals surface area (Å²) in [6, 6.07) is 0. The number of methoxy groups -OCH3 is 1. The molecule has 0 bridgehead atoms. The third kappa shape index (κ3) is 3.68. The van der Waals surface area contributed by atoms with Crippen molar-refractivity contribution in [2.45, 2.75) is 25.7 Å². The maximum absolute atomic E-state index is 11.8. The summed E-state index contributed by atoms with van der Waals surface area (Å²) in [7, 11) is 1.60. The van der Waals surface area contributed by atoms with Crippen molar-refractivity contribution in [1.29, 1.82) is 0 Å². The van der Waals surface area contributed by atoms with Crippen molar-refractivity contribution in [1.82, 2.24) is 5.32 Å². The second-order valence-corrected chi connectivity index (χ2v) is 4.46. The summed E-state index contributed by atoms with van der Waals surface area (Å²) in [5, 5.41) is 11.7. The average molecular weight is 259 g/mol. The Balaban J connectivity index is 2.12. The molecule has 0 heterocycles. The van der Waals surface area contributed by atoms with Gasteiger partial charge in [0.05, 0.1) is 13.2 Å². The van der Waals surface area contributed by atoms with Crippen molar-refractivity contribution >= 4 is 11.9 Å². The molecule has 1 amide bonds. The molecule has 0 spiro atoms. The molecule has 2 N–H and O–H groups in total. The predicted octanol–water partition coefficient (Wildman–Crippen LogP) is 0.411. The van der Waals surface area contributed by atoms with E-state index in [2.05, 4.69) is 5.32 Å². The van der Waals surface area contributed by atoms with Crippen molar-refractivity contribution < 1.29 is 24.2 Å². The maximum atomic E-state index is 11.8. The zero-order valence-corrected chi connectivity index (χ0v) is 10.7. The van der Waals surface area contributed by atoms with Crippen molar-refractivity contribution in [3.8, 4) is 0 Å². The van der Waals surface area contributed by atoms with Crippen molar-refractivity contribution in [3.63, 3.8) is 0 Å². The van der Waals surface area contributed by atoms with Crippen LogP contribution in [0.5, 0.6) is 0 Å². The summed E-state index contributed by atoms with van der Waals surface area (Å²) in [5.74, 6) is -1.37. The molecule has 1 saturated carbocycles. The Morgan fingerprint density at radius 3 is 2.50 bits per heavy atom. The molecule has 1 aliphatic carbocycles. The van der Waals surface area contributed by atoms with Gasteiger partial charge in [-0.15, -0.1) is 0 Å². The van der Waals surface area contributed by atoms with Crippen LogP contribution in [0, 0.1) is 5.41 Å². The molecule has 1 aliphatic rings. The van der Waals surface area contributed by atoms with Gasteiger partial charge < -0.3 is 19.9 Å². The molecule has 0 saturated heterocycles. The Labute approximate surface area is 107 Å². The molecule has 0 aromatic rings. The quantitative estimate of drug-likeness (QED) is 0.463. The van der Waals surface area contributed by atoms with Crippen LogP contribution in [-0.4, -0.2) is 50.5 Å². The van der Waals surface area contributed by atoms with E-state index in [1.54, 1.807) is 7.11 Å². The van der Waals surface area contributed by atoms with E-state index in [0.717, 1.165) is 6.42 Å². The predicted molar refractivity (Wildman–Crippen MR) is 64.2 cm³/mol. The Morgan fingerprint density at radius 1 is 1.28 bits per heavy atom. The van der Waals surface area contributed by atoms with Gasteiger partial charge in [0.25, 0.3) is 0 Å². The van der Waals surface area contributed by atoms with Crippen LogP contribution in [-0.2, 0) is 19.1 Å². The van der Waals surface area contributed by atoms with Crippen molar-refractivity contribution in [3.05, 3.63) is 0 Å². The molecule has 0 aromatic carbocycles. The standard InChI is InChI=1S/C12H21NO5/c1-17-8-9-18-7-3-6-13-10(14)12(11(15)16)4-2-5-12/h2-9H2,1H3,(H,13,14)(H,15,16). The van der Waals surface area contributed by atoms with Crippen molar-refractivity contribution in [2.75, 3.05) is 33.5 Å². The molecule has 18 heavy (non-hydrogen) atoms. The Kier molecular flexibility index (Phi) is 6.07. The minimum absolute atomic E-state index is 0.363. The highest BCUT2D eigenvalue weighted by molar-refractivity contribution is 6.02. The summed E-state index contributed by atoms with van der Waals surface area (Å²) in [6.45, 7) is 2.06. The minimum Gasteiger partial charge on any atom is -0.480 e. The normalized spacial score (nSPS) is 16.9. The summed E-state index contributed by atoms with van der Waals surface area (Å²) in [4.78, 5) is 22.8. The molecular weight excluding hydrogens is 238 g/mol. The van der Waals surface area contributed by atoms with Crippen LogP contribution in [0.4, 0.5) is 0 Å². The second kappa shape index (κ2) is 7.33. The summed E-state index contributed by atoms with van der Waals surface area (Å²) >= 11 is 0. The topological polar surface area (TPSA) is 84.9 Å². The fraction of sp³-hybridized carbons (Fsp3) is 0.833. The van der Waals surface area contributed by atoms with Gasteiger partial charge in [0.1, 0.15) is 5.41 Å². The molecule has 1 fully saturated rings. The van der Waals surface area contributed by atoms with Gasteiger partial charge in [0.2, 0.25) is 5.91 Å². The number of hydrogen-bond acceptors (Lipinski definition) is 4. The van der Waals surface area contributed by atoms with Crippen LogP contribution in [0.2, 0.25) is 0 Å². The molecule has 0 unspecified atom stereocenters.